The van der Waals surface area contributed by atoms with Crippen LogP contribution in [0.4, 0.5) is 10.1 Å². The molecule has 7 nitrogen and oxygen atoms in total. The molecule has 1 heterocycles. The molecule has 0 bridgehead atoms. The predicted octanol–water partition coefficient (Wildman–Crippen LogP) is 1.71. The Morgan fingerprint density at radius 1 is 1.48 bits per heavy atom. The third kappa shape index (κ3) is 3.14. The molecule has 1 aromatic carbocycles. The average Bonchev–Trinajstić information content (AvgIpc) is 2.76. The van der Waals surface area contributed by atoms with Gasteiger partial charge >= 0.3 is 5.97 Å². The Bertz CT molecular complexity index is 819. The van der Waals surface area contributed by atoms with Crippen LogP contribution in [0.3, 0.4) is 0 Å². The smallest absolute Gasteiger partial charge is 0.338 e. The number of halogens is 2. The standard InChI is InChI=1S/C11H9ClFN3O4S/c1-16-5-7(4-14-16)15-21(19,20)9-3-6(12)2-8(10(9)13)11(17)18/h2-5,15H,1H3,(H,17,18). The summed E-state index contributed by atoms with van der Waals surface area (Å²) in [7, 11) is -2.77. The minimum atomic E-state index is -4.34. The van der Waals surface area contributed by atoms with Gasteiger partial charge in [-0.1, -0.05) is 11.6 Å². The molecule has 2 N–H and O–H groups in total. The summed E-state index contributed by atoms with van der Waals surface area (Å²) in [6, 6.07) is 1.67. The van der Waals surface area contributed by atoms with Gasteiger partial charge in [0, 0.05) is 18.3 Å². The molecule has 0 radical (unpaired) electrons. The molecule has 1 aromatic heterocycles. The molecule has 0 amide bonds. The normalized spacial score (nSPS) is 11.4. The van der Waals surface area contributed by atoms with Crippen molar-refractivity contribution in [1.29, 1.82) is 0 Å². The minimum Gasteiger partial charge on any atom is -0.478 e. The molecule has 0 fully saturated rings. The Hall–Kier alpha value is -2.13. The van der Waals surface area contributed by atoms with Crippen molar-refractivity contribution < 1.29 is 22.7 Å². The van der Waals surface area contributed by atoms with Gasteiger partial charge in [-0.25, -0.2) is 17.6 Å². The number of anilines is 1. The largest absolute Gasteiger partial charge is 0.478 e. The van der Waals surface area contributed by atoms with Crippen LogP contribution in [-0.2, 0) is 17.1 Å². The van der Waals surface area contributed by atoms with Crippen molar-refractivity contribution in [3.05, 3.63) is 40.9 Å². The van der Waals surface area contributed by atoms with Crippen molar-refractivity contribution in [3.63, 3.8) is 0 Å². The van der Waals surface area contributed by atoms with Crippen LogP contribution in [0.1, 0.15) is 10.4 Å². The van der Waals surface area contributed by atoms with E-state index in [9.17, 15) is 17.6 Å². The number of carboxylic acid groups (broad SMARTS) is 1. The van der Waals surface area contributed by atoms with E-state index in [1.807, 2.05) is 0 Å². The summed E-state index contributed by atoms with van der Waals surface area (Å²) in [4.78, 5) is 10.0. The number of hydrogen-bond donors (Lipinski definition) is 2. The number of carbonyl (C=O) groups is 1. The SMILES string of the molecule is Cn1cc(NS(=O)(=O)c2cc(Cl)cc(C(=O)O)c2F)cn1. The first kappa shape index (κ1) is 15.3. The van der Waals surface area contributed by atoms with Crippen LogP contribution < -0.4 is 4.72 Å². The quantitative estimate of drug-likeness (QED) is 0.887. The number of nitrogens with zero attached hydrogens (tertiary/aromatic N) is 2. The summed E-state index contributed by atoms with van der Waals surface area (Å²) in [6.45, 7) is 0. The molecule has 2 aromatic rings. The molecule has 0 spiro atoms. The fourth-order valence-corrected chi connectivity index (χ4v) is 3.04. The fraction of sp³-hybridized carbons (Fsp3) is 0.0909. The lowest BCUT2D eigenvalue weighted by Gasteiger charge is -2.09. The van der Waals surface area contributed by atoms with Crippen LogP contribution in [0, 0.1) is 5.82 Å². The summed E-state index contributed by atoms with van der Waals surface area (Å²) < 4.78 is 41.7. The third-order valence-electron chi connectivity index (χ3n) is 2.48. The molecule has 0 saturated carbocycles. The average molecular weight is 334 g/mol. The molecule has 0 aliphatic rings. The summed E-state index contributed by atoms with van der Waals surface area (Å²) in [5, 5.41) is 12.4. The van der Waals surface area contributed by atoms with E-state index in [1.165, 1.54) is 17.1 Å². The van der Waals surface area contributed by atoms with Gasteiger partial charge in [-0.3, -0.25) is 9.40 Å². The van der Waals surface area contributed by atoms with E-state index in [2.05, 4.69) is 9.82 Å². The van der Waals surface area contributed by atoms with Crippen LogP contribution in [0.5, 0.6) is 0 Å². The van der Waals surface area contributed by atoms with Crippen LogP contribution >= 0.6 is 11.6 Å². The maximum Gasteiger partial charge on any atom is 0.338 e. The molecule has 21 heavy (non-hydrogen) atoms. The summed E-state index contributed by atoms with van der Waals surface area (Å²) in [5.74, 6) is -3.00. The van der Waals surface area contributed by atoms with E-state index in [0.717, 1.165) is 12.1 Å². The monoisotopic (exact) mass is 333 g/mol. The molecule has 112 valence electrons. The lowest BCUT2D eigenvalue weighted by molar-refractivity contribution is 0.0691. The molecular weight excluding hydrogens is 325 g/mol. The Labute approximate surface area is 124 Å². The Morgan fingerprint density at radius 3 is 2.67 bits per heavy atom. The summed E-state index contributed by atoms with van der Waals surface area (Å²) in [5.41, 5.74) is -0.720. The van der Waals surface area contributed by atoms with Crippen LogP contribution in [0.25, 0.3) is 0 Å². The highest BCUT2D eigenvalue weighted by Gasteiger charge is 2.25. The zero-order valence-electron chi connectivity index (χ0n) is 10.5. The second-order valence-corrected chi connectivity index (χ2v) is 6.17. The van der Waals surface area contributed by atoms with Crippen molar-refractivity contribution >= 4 is 33.3 Å². The molecule has 0 saturated heterocycles. The number of aryl methyl sites for hydroxylation is 1. The summed E-state index contributed by atoms with van der Waals surface area (Å²) in [6.07, 6.45) is 2.58. The minimum absolute atomic E-state index is 0.105. The summed E-state index contributed by atoms with van der Waals surface area (Å²) >= 11 is 5.64. The van der Waals surface area contributed by atoms with Crippen molar-refractivity contribution in [1.82, 2.24) is 9.78 Å². The van der Waals surface area contributed by atoms with Gasteiger partial charge in [0.15, 0.2) is 5.82 Å². The number of aromatic nitrogens is 2. The fourth-order valence-electron chi connectivity index (χ4n) is 1.60. The van der Waals surface area contributed by atoms with Crippen LogP contribution in [-0.4, -0.2) is 29.3 Å². The first-order valence-corrected chi connectivity index (χ1v) is 7.30. The van der Waals surface area contributed by atoms with Gasteiger partial charge in [0.25, 0.3) is 10.0 Å². The van der Waals surface area contributed by atoms with E-state index < -0.39 is 32.3 Å². The molecule has 0 atom stereocenters. The van der Waals surface area contributed by atoms with E-state index in [4.69, 9.17) is 16.7 Å². The maximum absolute atomic E-state index is 14.0. The molecular formula is C11H9ClFN3O4S. The van der Waals surface area contributed by atoms with Crippen LogP contribution in [0.2, 0.25) is 5.02 Å². The second-order valence-electron chi connectivity index (χ2n) is 4.08. The first-order valence-electron chi connectivity index (χ1n) is 5.44. The Morgan fingerprint density at radius 2 is 2.14 bits per heavy atom. The van der Waals surface area contributed by atoms with E-state index in [1.54, 1.807) is 7.05 Å². The van der Waals surface area contributed by atoms with E-state index in [-0.39, 0.29) is 10.7 Å². The number of sulfonamides is 1. The lowest BCUT2D eigenvalue weighted by atomic mass is 10.2. The highest BCUT2D eigenvalue weighted by Crippen LogP contribution is 2.25. The molecule has 0 aliphatic heterocycles. The van der Waals surface area contributed by atoms with Crippen molar-refractivity contribution in [2.75, 3.05) is 4.72 Å². The van der Waals surface area contributed by atoms with Gasteiger partial charge in [0.2, 0.25) is 0 Å². The van der Waals surface area contributed by atoms with Gasteiger partial charge in [-0.05, 0) is 12.1 Å². The lowest BCUT2D eigenvalue weighted by Crippen LogP contribution is -2.16. The zero-order valence-corrected chi connectivity index (χ0v) is 12.1. The highest BCUT2D eigenvalue weighted by atomic mass is 35.5. The number of hydrogen-bond acceptors (Lipinski definition) is 4. The molecule has 10 heteroatoms. The number of aromatic carboxylic acids is 1. The number of nitrogens with one attached hydrogen (secondary N) is 1. The van der Waals surface area contributed by atoms with Crippen molar-refractivity contribution in [2.45, 2.75) is 4.90 Å². The Kier molecular flexibility index (Phi) is 3.88. The third-order valence-corrected chi connectivity index (χ3v) is 4.08. The Balaban J connectivity index is 2.52. The maximum atomic E-state index is 14.0. The van der Waals surface area contributed by atoms with Gasteiger partial charge < -0.3 is 5.11 Å². The van der Waals surface area contributed by atoms with Gasteiger partial charge in [0.05, 0.1) is 17.4 Å². The zero-order chi connectivity index (χ0) is 15.8. The first-order chi connectivity index (χ1) is 9.70. The van der Waals surface area contributed by atoms with Gasteiger partial charge in [0.1, 0.15) is 4.90 Å². The van der Waals surface area contributed by atoms with E-state index >= 15 is 0 Å². The molecule has 0 unspecified atom stereocenters. The second kappa shape index (κ2) is 5.34. The topological polar surface area (TPSA) is 101 Å². The number of benzene rings is 1. The predicted molar refractivity (Wildman–Crippen MR) is 72.4 cm³/mol. The van der Waals surface area contributed by atoms with Gasteiger partial charge in [-0.15, -0.1) is 0 Å². The molecule has 2 rings (SSSR count). The highest BCUT2D eigenvalue weighted by molar-refractivity contribution is 7.92. The van der Waals surface area contributed by atoms with Crippen LogP contribution in [0.15, 0.2) is 29.4 Å². The molecule has 0 aliphatic carbocycles. The van der Waals surface area contributed by atoms with Crippen molar-refractivity contribution in [2.24, 2.45) is 7.05 Å². The van der Waals surface area contributed by atoms with E-state index in [0.29, 0.717) is 0 Å². The number of carboxylic acids is 1. The van der Waals surface area contributed by atoms with Crippen molar-refractivity contribution in [3.8, 4) is 0 Å². The van der Waals surface area contributed by atoms with Gasteiger partial charge in [-0.2, -0.15) is 5.10 Å². The number of rotatable bonds is 4.